The lowest BCUT2D eigenvalue weighted by Gasteiger charge is -2.24. The van der Waals surface area contributed by atoms with E-state index in [0.29, 0.717) is 6.42 Å². The van der Waals surface area contributed by atoms with Crippen LogP contribution in [0.1, 0.15) is 19.8 Å². The maximum Gasteiger partial charge on any atom is 0.164 e. The number of hydrogen-bond acceptors (Lipinski definition) is 6. The van der Waals surface area contributed by atoms with Gasteiger partial charge in [0.15, 0.2) is 5.78 Å². The Bertz CT molecular complexity index is 195. The van der Waals surface area contributed by atoms with Crippen molar-refractivity contribution < 1.29 is 30.3 Å². The molecule has 0 aromatic heterocycles. The van der Waals surface area contributed by atoms with Gasteiger partial charge < -0.3 is 25.5 Å². The Hall–Kier alpha value is -0.530. The van der Waals surface area contributed by atoms with Gasteiger partial charge in [-0.15, -0.1) is 0 Å². The lowest BCUT2D eigenvalue weighted by atomic mass is 9.98. The van der Waals surface area contributed by atoms with Crippen LogP contribution in [0.15, 0.2) is 0 Å². The van der Waals surface area contributed by atoms with Crippen molar-refractivity contribution in [2.24, 2.45) is 0 Å². The smallest absolute Gasteiger partial charge is 0.164 e. The molecular weight excluding hydrogens is 204 g/mol. The van der Waals surface area contributed by atoms with Crippen molar-refractivity contribution in [3.8, 4) is 0 Å². The van der Waals surface area contributed by atoms with Crippen LogP contribution in [0, 0.1) is 0 Å². The van der Waals surface area contributed by atoms with E-state index in [1.54, 1.807) is 6.92 Å². The summed E-state index contributed by atoms with van der Waals surface area (Å²) in [6.45, 7) is 0.975. The molecule has 0 radical (unpaired) electrons. The highest BCUT2D eigenvalue weighted by atomic mass is 16.4. The molecule has 0 rings (SSSR count). The quantitative estimate of drug-likeness (QED) is 0.333. The highest BCUT2D eigenvalue weighted by Crippen LogP contribution is 2.08. The number of rotatable bonds is 7. The van der Waals surface area contributed by atoms with Crippen LogP contribution in [0.2, 0.25) is 0 Å². The topological polar surface area (TPSA) is 118 Å². The van der Waals surface area contributed by atoms with Crippen molar-refractivity contribution in [1.29, 1.82) is 0 Å². The van der Waals surface area contributed by atoms with Gasteiger partial charge in [-0.25, -0.2) is 0 Å². The van der Waals surface area contributed by atoms with Crippen molar-refractivity contribution in [3.63, 3.8) is 0 Å². The largest absolute Gasteiger partial charge is 0.394 e. The minimum Gasteiger partial charge on any atom is -0.394 e. The van der Waals surface area contributed by atoms with Gasteiger partial charge in [-0.2, -0.15) is 0 Å². The minimum absolute atomic E-state index is 0.0835. The van der Waals surface area contributed by atoms with E-state index in [4.69, 9.17) is 10.2 Å². The van der Waals surface area contributed by atoms with Crippen molar-refractivity contribution >= 4 is 5.78 Å². The van der Waals surface area contributed by atoms with Crippen LogP contribution in [-0.2, 0) is 4.79 Å². The van der Waals surface area contributed by atoms with E-state index in [9.17, 15) is 20.1 Å². The van der Waals surface area contributed by atoms with E-state index < -0.39 is 36.8 Å². The highest BCUT2D eigenvalue weighted by molar-refractivity contribution is 5.83. The summed E-state index contributed by atoms with van der Waals surface area (Å²) >= 11 is 0. The number of carbonyl (C=O) groups is 1. The fraction of sp³-hybridized carbons (Fsp3) is 0.889. The lowest BCUT2D eigenvalue weighted by Crippen LogP contribution is -2.48. The zero-order chi connectivity index (χ0) is 12.0. The second kappa shape index (κ2) is 6.86. The molecule has 0 aliphatic heterocycles. The SMILES string of the molecule is CCCC(=O)[C@H](O)[C@@H](O)[C@H](O)[C@H](O)CO. The molecule has 0 saturated heterocycles. The molecular formula is C9H18O6. The molecule has 15 heavy (non-hydrogen) atoms. The number of Topliss-reactive ketones (excluding diaryl/α,β-unsaturated/α-hetero) is 1. The van der Waals surface area contributed by atoms with Gasteiger partial charge in [0.1, 0.15) is 24.4 Å². The minimum atomic E-state index is -1.79. The molecule has 0 spiro atoms. The summed E-state index contributed by atoms with van der Waals surface area (Å²) in [5, 5.41) is 45.2. The Morgan fingerprint density at radius 2 is 1.67 bits per heavy atom. The summed E-state index contributed by atoms with van der Waals surface area (Å²) in [4.78, 5) is 11.1. The number of hydrogen-bond donors (Lipinski definition) is 5. The Morgan fingerprint density at radius 3 is 2.07 bits per heavy atom. The van der Waals surface area contributed by atoms with Gasteiger partial charge in [0.2, 0.25) is 0 Å². The first kappa shape index (κ1) is 14.5. The van der Waals surface area contributed by atoms with Crippen molar-refractivity contribution in [1.82, 2.24) is 0 Å². The first-order chi connectivity index (χ1) is 6.95. The molecule has 0 bridgehead atoms. The molecule has 0 unspecified atom stereocenters. The maximum atomic E-state index is 11.1. The van der Waals surface area contributed by atoms with E-state index in [2.05, 4.69) is 0 Å². The molecule has 0 saturated carbocycles. The summed E-state index contributed by atoms with van der Waals surface area (Å²) < 4.78 is 0. The molecule has 90 valence electrons. The summed E-state index contributed by atoms with van der Waals surface area (Å²) in [5.74, 6) is -0.603. The third-order valence-electron chi connectivity index (χ3n) is 2.08. The maximum absolute atomic E-state index is 11.1. The predicted octanol–water partition coefficient (Wildman–Crippen LogP) is -2.21. The summed E-state index contributed by atoms with van der Waals surface area (Å²) in [7, 11) is 0. The summed E-state index contributed by atoms with van der Waals surface area (Å²) in [5.41, 5.74) is 0. The second-order valence-electron chi connectivity index (χ2n) is 3.39. The lowest BCUT2D eigenvalue weighted by molar-refractivity contribution is -0.147. The van der Waals surface area contributed by atoms with Crippen LogP contribution in [0.4, 0.5) is 0 Å². The van der Waals surface area contributed by atoms with Crippen molar-refractivity contribution in [3.05, 3.63) is 0 Å². The van der Waals surface area contributed by atoms with E-state index >= 15 is 0 Å². The first-order valence-corrected chi connectivity index (χ1v) is 4.81. The first-order valence-electron chi connectivity index (χ1n) is 4.81. The van der Waals surface area contributed by atoms with Gasteiger partial charge in [0.25, 0.3) is 0 Å². The zero-order valence-corrected chi connectivity index (χ0v) is 8.58. The van der Waals surface area contributed by atoms with Crippen LogP contribution in [0.5, 0.6) is 0 Å². The molecule has 4 atom stereocenters. The highest BCUT2D eigenvalue weighted by Gasteiger charge is 2.33. The van der Waals surface area contributed by atoms with E-state index in [1.807, 2.05) is 0 Å². The molecule has 6 nitrogen and oxygen atoms in total. The summed E-state index contributed by atoms with van der Waals surface area (Å²) in [6, 6.07) is 0. The molecule has 5 N–H and O–H groups in total. The third-order valence-corrected chi connectivity index (χ3v) is 2.08. The average Bonchev–Trinajstić information content (AvgIpc) is 2.25. The van der Waals surface area contributed by atoms with Gasteiger partial charge >= 0.3 is 0 Å². The predicted molar refractivity (Wildman–Crippen MR) is 51.0 cm³/mol. The molecule has 0 aromatic rings. The standard InChI is InChI=1S/C9H18O6/c1-2-3-5(11)7(13)9(15)8(14)6(12)4-10/h6-10,12-15H,2-4H2,1H3/t6-,7+,8-,9-/m1/s1. The van der Waals surface area contributed by atoms with Gasteiger partial charge in [-0.1, -0.05) is 6.92 Å². The molecule has 0 aliphatic carbocycles. The van der Waals surface area contributed by atoms with E-state index in [-0.39, 0.29) is 6.42 Å². The number of aliphatic hydroxyl groups is 5. The normalized spacial score (nSPS) is 19.3. The van der Waals surface area contributed by atoms with E-state index in [0.717, 1.165) is 0 Å². The van der Waals surface area contributed by atoms with Crippen LogP contribution in [0.3, 0.4) is 0 Å². The second-order valence-corrected chi connectivity index (χ2v) is 3.39. The molecule has 6 heteroatoms. The Labute approximate surface area is 87.8 Å². The van der Waals surface area contributed by atoms with Gasteiger partial charge in [0, 0.05) is 6.42 Å². The molecule has 0 heterocycles. The van der Waals surface area contributed by atoms with Crippen molar-refractivity contribution in [2.45, 2.75) is 44.2 Å². The van der Waals surface area contributed by atoms with Crippen LogP contribution in [0.25, 0.3) is 0 Å². The third kappa shape index (κ3) is 4.23. The average molecular weight is 222 g/mol. The Morgan fingerprint density at radius 1 is 1.13 bits per heavy atom. The number of carbonyl (C=O) groups excluding carboxylic acids is 1. The van der Waals surface area contributed by atoms with Gasteiger partial charge in [-0.3, -0.25) is 4.79 Å². The molecule has 0 aromatic carbocycles. The van der Waals surface area contributed by atoms with E-state index in [1.165, 1.54) is 0 Å². The van der Waals surface area contributed by atoms with Gasteiger partial charge in [-0.05, 0) is 6.42 Å². The Kier molecular flexibility index (Phi) is 6.62. The fourth-order valence-corrected chi connectivity index (χ4v) is 1.11. The van der Waals surface area contributed by atoms with Crippen LogP contribution >= 0.6 is 0 Å². The van der Waals surface area contributed by atoms with Crippen molar-refractivity contribution in [2.75, 3.05) is 6.61 Å². The number of ketones is 1. The molecule has 0 aliphatic rings. The summed E-state index contributed by atoms with van der Waals surface area (Å²) in [6.07, 6.45) is -6.25. The van der Waals surface area contributed by atoms with Crippen LogP contribution < -0.4 is 0 Å². The molecule has 0 amide bonds. The van der Waals surface area contributed by atoms with Crippen LogP contribution in [-0.4, -0.2) is 62.3 Å². The zero-order valence-electron chi connectivity index (χ0n) is 8.58. The number of aliphatic hydroxyl groups excluding tert-OH is 5. The molecule has 0 fully saturated rings. The fourth-order valence-electron chi connectivity index (χ4n) is 1.11. The van der Waals surface area contributed by atoms with Gasteiger partial charge in [0.05, 0.1) is 6.61 Å². The monoisotopic (exact) mass is 222 g/mol. The Balaban J connectivity index is 4.29.